The lowest BCUT2D eigenvalue weighted by Gasteiger charge is -2.20. The van der Waals surface area contributed by atoms with Gasteiger partial charge in [-0.2, -0.15) is 0 Å². The van der Waals surface area contributed by atoms with Crippen molar-refractivity contribution in [1.82, 2.24) is 4.90 Å². The van der Waals surface area contributed by atoms with Crippen molar-refractivity contribution in [1.29, 1.82) is 0 Å². The van der Waals surface area contributed by atoms with E-state index in [9.17, 15) is 14.4 Å². The first-order valence-electron chi connectivity index (χ1n) is 7.78. The van der Waals surface area contributed by atoms with Crippen molar-refractivity contribution in [3.8, 4) is 0 Å². The van der Waals surface area contributed by atoms with Gasteiger partial charge in [0.1, 0.15) is 0 Å². The first-order valence-corrected chi connectivity index (χ1v) is 7.78. The normalized spacial score (nSPS) is 15.0. The van der Waals surface area contributed by atoms with E-state index in [1.54, 1.807) is 23.1 Å². The molecule has 1 saturated heterocycles. The van der Waals surface area contributed by atoms with E-state index >= 15 is 0 Å². The number of ether oxygens (including phenoxy) is 1. The van der Waals surface area contributed by atoms with Gasteiger partial charge < -0.3 is 15.0 Å². The summed E-state index contributed by atoms with van der Waals surface area (Å²) in [6.07, 6.45) is 3.33. The summed E-state index contributed by atoms with van der Waals surface area (Å²) in [4.78, 5) is 37.3. The van der Waals surface area contributed by atoms with Crippen LogP contribution in [0, 0.1) is 6.92 Å². The second-order valence-corrected chi connectivity index (χ2v) is 5.70. The van der Waals surface area contributed by atoms with Crippen molar-refractivity contribution < 1.29 is 19.1 Å². The van der Waals surface area contributed by atoms with Crippen molar-refractivity contribution in [2.45, 2.75) is 32.6 Å². The van der Waals surface area contributed by atoms with Crippen LogP contribution in [-0.4, -0.2) is 42.9 Å². The van der Waals surface area contributed by atoms with Crippen LogP contribution in [-0.2, 0) is 14.3 Å². The van der Waals surface area contributed by atoms with Crippen LogP contribution in [0.25, 0.3) is 0 Å². The van der Waals surface area contributed by atoms with Crippen LogP contribution in [0.3, 0.4) is 0 Å². The summed E-state index contributed by atoms with van der Waals surface area (Å²) in [5, 5.41) is 2.78. The summed E-state index contributed by atoms with van der Waals surface area (Å²) in [5.74, 6) is -0.689. The Balaban J connectivity index is 2.04. The molecule has 2 amide bonds. The van der Waals surface area contributed by atoms with Crippen LogP contribution in [0.2, 0.25) is 0 Å². The number of hydrogen-bond acceptors (Lipinski definition) is 4. The SMILES string of the molecule is COC(=O)c1ccc(C)c(NC(=O)CN2CCCCCC2=O)c1. The third-order valence-electron chi connectivity index (χ3n) is 3.94. The Kier molecular flexibility index (Phi) is 5.73. The molecule has 0 radical (unpaired) electrons. The average Bonchev–Trinajstić information content (AvgIpc) is 2.73. The summed E-state index contributed by atoms with van der Waals surface area (Å²) in [5.41, 5.74) is 1.77. The zero-order valence-electron chi connectivity index (χ0n) is 13.6. The van der Waals surface area contributed by atoms with Gasteiger partial charge in [0.2, 0.25) is 11.8 Å². The number of aryl methyl sites for hydroxylation is 1. The number of hydrogen-bond donors (Lipinski definition) is 1. The molecule has 1 aliphatic heterocycles. The van der Waals surface area contributed by atoms with Crippen LogP contribution < -0.4 is 5.32 Å². The summed E-state index contributed by atoms with van der Waals surface area (Å²) in [6.45, 7) is 2.50. The maximum absolute atomic E-state index is 12.2. The number of methoxy groups -OCH3 is 1. The summed E-state index contributed by atoms with van der Waals surface area (Å²) in [7, 11) is 1.31. The molecule has 1 heterocycles. The molecule has 0 spiro atoms. The van der Waals surface area contributed by atoms with E-state index in [0.717, 1.165) is 24.8 Å². The lowest BCUT2D eigenvalue weighted by Crippen LogP contribution is -2.37. The predicted molar refractivity (Wildman–Crippen MR) is 86.2 cm³/mol. The highest BCUT2D eigenvalue weighted by atomic mass is 16.5. The van der Waals surface area contributed by atoms with Gasteiger partial charge in [-0.3, -0.25) is 9.59 Å². The molecular weight excluding hydrogens is 296 g/mol. The van der Waals surface area contributed by atoms with E-state index in [2.05, 4.69) is 10.1 Å². The first-order chi connectivity index (χ1) is 11.0. The fourth-order valence-corrected chi connectivity index (χ4v) is 2.57. The molecule has 2 rings (SSSR count). The molecule has 1 N–H and O–H groups in total. The number of carbonyl (C=O) groups is 3. The van der Waals surface area contributed by atoms with Crippen molar-refractivity contribution in [3.63, 3.8) is 0 Å². The molecule has 1 aromatic rings. The molecule has 1 aliphatic rings. The minimum absolute atomic E-state index is 0.0256. The average molecular weight is 318 g/mol. The molecular formula is C17H22N2O4. The quantitative estimate of drug-likeness (QED) is 0.863. The van der Waals surface area contributed by atoms with Gasteiger partial charge in [-0.15, -0.1) is 0 Å². The summed E-state index contributed by atoms with van der Waals surface area (Å²) < 4.78 is 4.68. The fraction of sp³-hybridized carbons (Fsp3) is 0.471. The highest BCUT2D eigenvalue weighted by Gasteiger charge is 2.19. The molecule has 1 aromatic carbocycles. The van der Waals surface area contributed by atoms with Crippen molar-refractivity contribution in [3.05, 3.63) is 29.3 Å². The van der Waals surface area contributed by atoms with Crippen molar-refractivity contribution in [2.24, 2.45) is 0 Å². The van der Waals surface area contributed by atoms with Crippen molar-refractivity contribution >= 4 is 23.5 Å². The number of nitrogens with zero attached hydrogens (tertiary/aromatic N) is 1. The highest BCUT2D eigenvalue weighted by molar-refractivity contribution is 5.97. The molecule has 0 aromatic heterocycles. The highest BCUT2D eigenvalue weighted by Crippen LogP contribution is 2.18. The number of benzene rings is 1. The maximum atomic E-state index is 12.2. The third-order valence-corrected chi connectivity index (χ3v) is 3.94. The number of nitrogens with one attached hydrogen (secondary N) is 1. The minimum Gasteiger partial charge on any atom is -0.465 e. The molecule has 124 valence electrons. The van der Waals surface area contributed by atoms with E-state index in [-0.39, 0.29) is 18.4 Å². The van der Waals surface area contributed by atoms with E-state index < -0.39 is 5.97 Å². The Hall–Kier alpha value is -2.37. The van der Waals surface area contributed by atoms with Crippen molar-refractivity contribution in [2.75, 3.05) is 25.5 Å². The molecule has 23 heavy (non-hydrogen) atoms. The van der Waals surface area contributed by atoms with E-state index in [4.69, 9.17) is 0 Å². The second-order valence-electron chi connectivity index (χ2n) is 5.70. The predicted octanol–water partition coefficient (Wildman–Crippen LogP) is 2.12. The van der Waals surface area contributed by atoms with Crippen LogP contribution in [0.1, 0.15) is 41.6 Å². The monoisotopic (exact) mass is 318 g/mol. The first kappa shape index (κ1) is 17.0. The third kappa shape index (κ3) is 4.55. The Morgan fingerprint density at radius 2 is 2.04 bits per heavy atom. The Morgan fingerprint density at radius 3 is 2.78 bits per heavy atom. The Morgan fingerprint density at radius 1 is 1.26 bits per heavy atom. The van der Waals surface area contributed by atoms with Gasteiger partial charge in [-0.25, -0.2) is 4.79 Å². The smallest absolute Gasteiger partial charge is 0.337 e. The van der Waals surface area contributed by atoms with Gasteiger partial charge in [0.05, 0.1) is 19.2 Å². The molecule has 0 saturated carbocycles. The van der Waals surface area contributed by atoms with Gasteiger partial charge in [0.15, 0.2) is 0 Å². The van der Waals surface area contributed by atoms with E-state index in [0.29, 0.717) is 24.2 Å². The summed E-state index contributed by atoms with van der Waals surface area (Å²) in [6, 6.07) is 4.98. The molecule has 1 fully saturated rings. The van der Waals surface area contributed by atoms with Crippen LogP contribution in [0.5, 0.6) is 0 Å². The molecule has 0 aliphatic carbocycles. The lowest BCUT2D eigenvalue weighted by atomic mass is 10.1. The number of rotatable bonds is 4. The lowest BCUT2D eigenvalue weighted by molar-refractivity contribution is -0.134. The number of esters is 1. The zero-order chi connectivity index (χ0) is 16.8. The number of carbonyl (C=O) groups excluding carboxylic acids is 3. The summed E-state index contributed by atoms with van der Waals surface area (Å²) >= 11 is 0. The van der Waals surface area contributed by atoms with Gasteiger partial charge in [0.25, 0.3) is 0 Å². The second kappa shape index (κ2) is 7.76. The Labute approximate surface area is 135 Å². The number of amides is 2. The van der Waals surface area contributed by atoms with Gasteiger partial charge in [-0.1, -0.05) is 12.5 Å². The Bertz CT molecular complexity index is 613. The topological polar surface area (TPSA) is 75.7 Å². The van der Waals surface area contributed by atoms with E-state index in [1.165, 1.54) is 7.11 Å². The largest absolute Gasteiger partial charge is 0.465 e. The molecule has 0 unspecified atom stereocenters. The standard InChI is InChI=1S/C17H22N2O4/c1-12-7-8-13(17(22)23-2)10-14(12)18-15(20)11-19-9-5-3-4-6-16(19)21/h7-8,10H,3-6,9,11H2,1-2H3,(H,18,20). The van der Waals surface area contributed by atoms with Gasteiger partial charge >= 0.3 is 5.97 Å². The van der Waals surface area contributed by atoms with Crippen LogP contribution in [0.4, 0.5) is 5.69 Å². The number of likely N-dealkylation sites (tertiary alicyclic amines) is 1. The molecule has 0 atom stereocenters. The fourth-order valence-electron chi connectivity index (χ4n) is 2.57. The molecule has 6 heteroatoms. The van der Waals surface area contributed by atoms with Gasteiger partial charge in [0, 0.05) is 18.7 Å². The molecule has 6 nitrogen and oxygen atoms in total. The van der Waals surface area contributed by atoms with E-state index in [1.807, 2.05) is 6.92 Å². The van der Waals surface area contributed by atoms with Crippen LogP contribution >= 0.6 is 0 Å². The maximum Gasteiger partial charge on any atom is 0.337 e. The minimum atomic E-state index is -0.455. The van der Waals surface area contributed by atoms with Gasteiger partial charge in [-0.05, 0) is 37.5 Å². The number of anilines is 1. The molecule has 0 bridgehead atoms. The zero-order valence-corrected chi connectivity index (χ0v) is 13.6. The van der Waals surface area contributed by atoms with Crippen LogP contribution in [0.15, 0.2) is 18.2 Å².